The minimum Gasteiger partial charge on any atom is -0.484 e. The van der Waals surface area contributed by atoms with Crippen molar-refractivity contribution in [2.75, 3.05) is 13.2 Å². The van der Waals surface area contributed by atoms with E-state index in [4.69, 9.17) is 9.84 Å². The van der Waals surface area contributed by atoms with Crippen LogP contribution in [0.2, 0.25) is 0 Å². The molecule has 0 spiro atoms. The number of pyridine rings is 1. The van der Waals surface area contributed by atoms with Crippen LogP contribution < -0.4 is 26.0 Å². The number of para-hydroxylation sites is 1. The SMILES string of the molecule is O=C(O)CCCNC(=O)[C@H]1CC(=O)[C@H](Cc2c[nH]c3ccccc23)NC(=O)[C@@H](Cc2ccc(-c3ccccc3)cc2)NC(=O)[C@H](Cc2ccncc2)NC(=O)COc2ccc(cc2)C1. The number of rotatable bonds is 12. The zero-order chi connectivity index (χ0) is 44.8. The number of fused-ring (bicyclic) bond motifs is 17. The molecule has 14 nitrogen and oxygen atoms in total. The van der Waals surface area contributed by atoms with Gasteiger partial charge in [-0.05, 0) is 76.6 Å². The number of carbonyl (C=O) groups is 6. The predicted molar refractivity (Wildman–Crippen MR) is 240 cm³/mol. The molecule has 0 saturated carbocycles. The highest BCUT2D eigenvalue weighted by molar-refractivity contribution is 5.97. The van der Waals surface area contributed by atoms with Crippen LogP contribution in [0.25, 0.3) is 22.0 Å². The monoisotopic (exact) mass is 862 g/mol. The number of carbonyl (C=O) groups excluding carboxylic acids is 5. The molecule has 6 aromatic rings. The van der Waals surface area contributed by atoms with E-state index in [1.807, 2.05) is 78.9 Å². The summed E-state index contributed by atoms with van der Waals surface area (Å²) in [5.74, 6) is -4.22. The zero-order valence-electron chi connectivity index (χ0n) is 35.1. The maximum absolute atomic E-state index is 14.8. The minimum absolute atomic E-state index is 0.0367. The van der Waals surface area contributed by atoms with Gasteiger partial charge in [0.05, 0.1) is 6.04 Å². The van der Waals surface area contributed by atoms with Gasteiger partial charge in [-0.25, -0.2) is 0 Å². The number of Topliss-reactive ketones (excluding diaryl/α,β-unsaturated/α-hetero) is 1. The summed E-state index contributed by atoms with van der Waals surface area (Å²) >= 11 is 0. The number of ketones is 1. The van der Waals surface area contributed by atoms with Crippen LogP contribution in [0.3, 0.4) is 0 Å². The Morgan fingerprint density at radius 2 is 1.33 bits per heavy atom. The summed E-state index contributed by atoms with van der Waals surface area (Å²) < 4.78 is 5.80. The summed E-state index contributed by atoms with van der Waals surface area (Å²) in [5.41, 5.74) is 5.71. The van der Waals surface area contributed by atoms with E-state index in [1.165, 1.54) is 0 Å². The van der Waals surface area contributed by atoms with Gasteiger partial charge in [0.1, 0.15) is 17.8 Å². The number of amides is 4. The van der Waals surface area contributed by atoms with Gasteiger partial charge >= 0.3 is 5.97 Å². The van der Waals surface area contributed by atoms with E-state index in [1.54, 1.807) is 55.0 Å². The Morgan fingerprint density at radius 3 is 2.05 bits per heavy atom. The summed E-state index contributed by atoms with van der Waals surface area (Å²) in [6.45, 7) is -0.321. The lowest BCUT2D eigenvalue weighted by Gasteiger charge is -2.26. The van der Waals surface area contributed by atoms with E-state index in [2.05, 4.69) is 31.2 Å². The lowest BCUT2D eigenvalue weighted by atomic mass is 9.89. The lowest BCUT2D eigenvalue weighted by Crippen LogP contribution is -2.57. The highest BCUT2D eigenvalue weighted by Crippen LogP contribution is 2.24. The molecule has 64 heavy (non-hydrogen) atoms. The molecule has 0 radical (unpaired) electrons. The van der Waals surface area contributed by atoms with Crippen molar-refractivity contribution in [3.05, 3.63) is 156 Å². The van der Waals surface area contributed by atoms with E-state index in [0.717, 1.165) is 33.2 Å². The fourth-order valence-corrected chi connectivity index (χ4v) is 7.81. The van der Waals surface area contributed by atoms with E-state index >= 15 is 0 Å². The number of carboxylic acids is 1. The molecule has 2 aromatic heterocycles. The van der Waals surface area contributed by atoms with Crippen LogP contribution in [0, 0.1) is 5.92 Å². The van der Waals surface area contributed by atoms with Crippen molar-refractivity contribution in [2.45, 2.75) is 63.1 Å². The number of nitrogens with zero attached hydrogens (tertiary/aromatic N) is 1. The fraction of sp³-hybridized carbons (Fsp3) is 0.260. The molecule has 328 valence electrons. The van der Waals surface area contributed by atoms with Gasteiger partial charge in [0.2, 0.25) is 17.7 Å². The van der Waals surface area contributed by atoms with Gasteiger partial charge in [0, 0.05) is 74.1 Å². The summed E-state index contributed by atoms with van der Waals surface area (Å²) in [4.78, 5) is 89.6. The number of nitrogens with one attached hydrogen (secondary N) is 5. The summed E-state index contributed by atoms with van der Waals surface area (Å²) in [6, 6.07) is 31.8. The number of H-pyrrole nitrogens is 1. The Balaban J connectivity index is 1.24. The number of aromatic amines is 1. The van der Waals surface area contributed by atoms with Crippen molar-refractivity contribution in [1.29, 1.82) is 0 Å². The third kappa shape index (κ3) is 12.3. The van der Waals surface area contributed by atoms with E-state index < -0.39 is 66.0 Å². The molecule has 6 N–H and O–H groups in total. The molecule has 14 heteroatoms. The summed E-state index contributed by atoms with van der Waals surface area (Å²) in [6.07, 6.45) is 5.08. The zero-order valence-corrected chi connectivity index (χ0v) is 35.1. The molecule has 4 atom stereocenters. The average Bonchev–Trinajstić information content (AvgIpc) is 3.72. The molecule has 0 saturated heterocycles. The first-order valence-corrected chi connectivity index (χ1v) is 21.3. The average molecular weight is 863 g/mol. The first-order valence-electron chi connectivity index (χ1n) is 21.3. The molecular weight excluding hydrogens is 813 g/mol. The molecule has 4 heterocycles. The van der Waals surface area contributed by atoms with Crippen LogP contribution >= 0.6 is 0 Å². The van der Waals surface area contributed by atoms with Crippen molar-refractivity contribution >= 4 is 46.3 Å². The van der Waals surface area contributed by atoms with Crippen molar-refractivity contribution in [3.63, 3.8) is 0 Å². The number of benzene rings is 4. The second-order valence-corrected chi connectivity index (χ2v) is 15.9. The van der Waals surface area contributed by atoms with E-state index in [0.29, 0.717) is 16.9 Å². The molecule has 4 amide bonds. The van der Waals surface area contributed by atoms with Gasteiger partial charge < -0.3 is 36.1 Å². The molecule has 0 fully saturated rings. The number of aliphatic carboxylic acids is 1. The summed E-state index contributed by atoms with van der Waals surface area (Å²) in [5, 5.41) is 21.5. The third-order valence-electron chi connectivity index (χ3n) is 11.2. The van der Waals surface area contributed by atoms with E-state index in [9.17, 15) is 28.8 Å². The van der Waals surface area contributed by atoms with Crippen LogP contribution in [-0.4, -0.2) is 81.7 Å². The highest BCUT2D eigenvalue weighted by Gasteiger charge is 2.33. The molecular formula is C50H50N6O8. The fourth-order valence-electron chi connectivity index (χ4n) is 7.81. The lowest BCUT2D eigenvalue weighted by molar-refractivity contribution is -0.137. The Hall–Kier alpha value is -7.61. The predicted octanol–water partition coefficient (Wildman–Crippen LogP) is 4.90. The van der Waals surface area contributed by atoms with Gasteiger partial charge in [-0.3, -0.25) is 33.8 Å². The highest BCUT2D eigenvalue weighted by atomic mass is 16.5. The van der Waals surface area contributed by atoms with Gasteiger partial charge in [-0.1, -0.05) is 84.9 Å². The smallest absolute Gasteiger partial charge is 0.303 e. The topological polar surface area (TPSA) is 209 Å². The number of ether oxygens (including phenoxy) is 1. The molecule has 0 unspecified atom stereocenters. The third-order valence-corrected chi connectivity index (χ3v) is 11.2. The Bertz CT molecular complexity index is 2560. The standard InChI is InChI=1S/C50H50N6O8/c57-45-29-37(48(61)52-22-6-11-47(59)60)25-32-14-18-39(19-15-32)64-31-46(58)54-43(27-34-20-23-51-24-21-34)49(62)56-44(26-33-12-16-36(17-13-33)35-7-2-1-3-8-35)50(63)55-42(45)28-38-30-53-41-10-5-4-9-40(38)41/h1-5,7-10,12-21,23-24,30,37,42-44,53H,6,11,22,25-29,31H2,(H,52,61)(H,54,58)(H,55,63)(H,56,62)(H,59,60)/t37-,42+,43+,44-/m1/s1. The first-order chi connectivity index (χ1) is 31.1. The normalized spacial score (nSPS) is 18.7. The Labute approximate surface area is 370 Å². The molecule has 0 aliphatic carbocycles. The van der Waals surface area contributed by atoms with Crippen LogP contribution in [0.15, 0.2) is 134 Å². The minimum atomic E-state index is -1.22. The largest absolute Gasteiger partial charge is 0.484 e. The van der Waals surface area contributed by atoms with Gasteiger partial charge in [0.25, 0.3) is 5.91 Å². The number of carboxylic acid groups (broad SMARTS) is 1. The van der Waals surface area contributed by atoms with Crippen molar-refractivity contribution < 1.29 is 38.6 Å². The Kier molecular flexibility index (Phi) is 14.9. The number of hydrogen-bond donors (Lipinski definition) is 6. The molecule has 2 aliphatic heterocycles. The second-order valence-electron chi connectivity index (χ2n) is 15.9. The quantitative estimate of drug-likeness (QED) is 0.0730. The summed E-state index contributed by atoms with van der Waals surface area (Å²) in [7, 11) is 0. The molecule has 4 aromatic carbocycles. The second kappa shape index (κ2) is 21.5. The molecule has 2 bridgehead atoms. The van der Waals surface area contributed by atoms with Crippen molar-refractivity contribution in [2.24, 2.45) is 5.92 Å². The van der Waals surface area contributed by atoms with Crippen LogP contribution in [0.5, 0.6) is 5.75 Å². The van der Waals surface area contributed by atoms with Crippen LogP contribution in [0.4, 0.5) is 0 Å². The maximum atomic E-state index is 14.8. The van der Waals surface area contributed by atoms with Crippen LogP contribution in [-0.2, 0) is 54.5 Å². The van der Waals surface area contributed by atoms with E-state index in [-0.39, 0.29) is 51.5 Å². The van der Waals surface area contributed by atoms with Crippen molar-refractivity contribution in [1.82, 2.24) is 31.2 Å². The number of hydrogen-bond acceptors (Lipinski definition) is 8. The first kappa shape index (κ1) is 44.4. The number of aromatic nitrogens is 2. The van der Waals surface area contributed by atoms with Gasteiger partial charge in [0.15, 0.2) is 12.4 Å². The van der Waals surface area contributed by atoms with Gasteiger partial charge in [-0.15, -0.1) is 0 Å². The van der Waals surface area contributed by atoms with Crippen LogP contribution in [0.1, 0.15) is 41.5 Å². The van der Waals surface area contributed by atoms with Gasteiger partial charge in [-0.2, -0.15) is 0 Å². The molecule has 8 rings (SSSR count). The van der Waals surface area contributed by atoms with Crippen molar-refractivity contribution in [3.8, 4) is 16.9 Å². The maximum Gasteiger partial charge on any atom is 0.303 e. The Morgan fingerprint density at radius 1 is 0.688 bits per heavy atom. The molecule has 2 aliphatic rings.